The van der Waals surface area contributed by atoms with Crippen molar-refractivity contribution < 1.29 is 0 Å². The molecule has 1 aliphatic rings. The van der Waals surface area contributed by atoms with Crippen molar-refractivity contribution in [1.82, 2.24) is 15.5 Å². The molecule has 2 aromatic rings. The fourth-order valence-corrected chi connectivity index (χ4v) is 3.06. The zero-order valence-corrected chi connectivity index (χ0v) is 11.5. The molecular weight excluding hydrogens is 290 g/mol. The van der Waals surface area contributed by atoms with Crippen LogP contribution in [-0.4, -0.2) is 10.2 Å². The van der Waals surface area contributed by atoms with Crippen LogP contribution in [0.25, 0.3) is 0 Å². The zero-order chi connectivity index (χ0) is 12.4. The number of hydrogen-bond acceptors (Lipinski definition) is 3. The first kappa shape index (κ1) is 11.8. The van der Waals surface area contributed by atoms with Crippen molar-refractivity contribution in [3.05, 3.63) is 57.8 Å². The van der Waals surface area contributed by atoms with Gasteiger partial charge in [0.25, 0.3) is 0 Å². The van der Waals surface area contributed by atoms with Gasteiger partial charge in [-0.15, -0.1) is 0 Å². The van der Waals surface area contributed by atoms with Gasteiger partial charge < -0.3 is 5.32 Å². The Morgan fingerprint density at radius 1 is 1.28 bits per heavy atom. The minimum atomic E-state index is 0.430. The first-order chi connectivity index (χ1) is 8.84. The number of halogens is 1. The van der Waals surface area contributed by atoms with E-state index in [1.54, 1.807) is 6.20 Å². The molecule has 3 rings (SSSR count). The first-order valence-corrected chi connectivity index (χ1v) is 6.91. The SMILES string of the molecule is Brc1cccc2c1CCC2NCc1cccnn1. The van der Waals surface area contributed by atoms with Crippen LogP contribution in [-0.2, 0) is 13.0 Å². The van der Waals surface area contributed by atoms with E-state index in [0.717, 1.165) is 25.1 Å². The monoisotopic (exact) mass is 303 g/mol. The zero-order valence-electron chi connectivity index (χ0n) is 9.94. The quantitative estimate of drug-likeness (QED) is 0.947. The number of nitrogens with zero attached hydrogens (tertiary/aromatic N) is 2. The van der Waals surface area contributed by atoms with Gasteiger partial charge in [-0.05, 0) is 42.2 Å². The Kier molecular flexibility index (Phi) is 3.39. The van der Waals surface area contributed by atoms with Crippen molar-refractivity contribution in [3.8, 4) is 0 Å². The summed E-state index contributed by atoms with van der Waals surface area (Å²) in [5.41, 5.74) is 3.84. The van der Waals surface area contributed by atoms with Gasteiger partial charge in [0, 0.05) is 23.3 Å². The second-order valence-corrected chi connectivity index (χ2v) is 5.35. The Balaban J connectivity index is 1.72. The number of hydrogen-bond donors (Lipinski definition) is 1. The second kappa shape index (κ2) is 5.16. The van der Waals surface area contributed by atoms with Crippen molar-refractivity contribution >= 4 is 15.9 Å². The smallest absolute Gasteiger partial charge is 0.0769 e. The van der Waals surface area contributed by atoms with Crippen LogP contribution in [0.15, 0.2) is 41.0 Å². The van der Waals surface area contributed by atoms with Gasteiger partial charge in [-0.1, -0.05) is 28.1 Å². The molecular formula is C14H14BrN3. The second-order valence-electron chi connectivity index (χ2n) is 4.49. The van der Waals surface area contributed by atoms with Crippen molar-refractivity contribution in [1.29, 1.82) is 0 Å². The van der Waals surface area contributed by atoms with Gasteiger partial charge in [0.05, 0.1) is 5.69 Å². The van der Waals surface area contributed by atoms with Crippen LogP contribution in [0.3, 0.4) is 0 Å². The highest BCUT2D eigenvalue weighted by molar-refractivity contribution is 9.10. The minimum absolute atomic E-state index is 0.430. The third-order valence-electron chi connectivity index (χ3n) is 3.37. The summed E-state index contributed by atoms with van der Waals surface area (Å²) in [7, 11) is 0. The van der Waals surface area contributed by atoms with E-state index < -0.39 is 0 Å². The summed E-state index contributed by atoms with van der Waals surface area (Å²) < 4.78 is 1.23. The van der Waals surface area contributed by atoms with E-state index in [-0.39, 0.29) is 0 Å². The first-order valence-electron chi connectivity index (χ1n) is 6.12. The summed E-state index contributed by atoms with van der Waals surface area (Å²) in [6.07, 6.45) is 3.98. The fourth-order valence-electron chi connectivity index (χ4n) is 2.48. The van der Waals surface area contributed by atoms with Crippen molar-refractivity contribution in [3.63, 3.8) is 0 Å². The van der Waals surface area contributed by atoms with Gasteiger partial charge in [-0.25, -0.2) is 0 Å². The molecule has 0 fully saturated rings. The molecule has 0 spiro atoms. The van der Waals surface area contributed by atoms with E-state index >= 15 is 0 Å². The van der Waals surface area contributed by atoms with Gasteiger partial charge >= 0.3 is 0 Å². The van der Waals surface area contributed by atoms with E-state index in [9.17, 15) is 0 Å². The standard InChI is InChI=1S/C14H14BrN3/c15-13-5-1-4-12-11(13)6-7-14(12)16-9-10-3-2-8-17-18-10/h1-5,8,14,16H,6-7,9H2. The van der Waals surface area contributed by atoms with Gasteiger partial charge in [0.2, 0.25) is 0 Å². The highest BCUT2D eigenvalue weighted by atomic mass is 79.9. The highest BCUT2D eigenvalue weighted by Crippen LogP contribution is 2.35. The van der Waals surface area contributed by atoms with Gasteiger partial charge in [0.1, 0.15) is 0 Å². The van der Waals surface area contributed by atoms with Crippen molar-refractivity contribution in [2.75, 3.05) is 0 Å². The Bertz CT molecular complexity index is 542. The molecule has 1 heterocycles. The fraction of sp³-hybridized carbons (Fsp3) is 0.286. The van der Waals surface area contributed by atoms with Crippen LogP contribution < -0.4 is 5.32 Å². The number of aromatic nitrogens is 2. The van der Waals surface area contributed by atoms with E-state index in [1.165, 1.54) is 15.6 Å². The lowest BCUT2D eigenvalue weighted by atomic mass is 10.1. The molecule has 18 heavy (non-hydrogen) atoms. The van der Waals surface area contributed by atoms with Crippen LogP contribution in [0.5, 0.6) is 0 Å². The summed E-state index contributed by atoms with van der Waals surface area (Å²) in [5.74, 6) is 0. The maximum Gasteiger partial charge on any atom is 0.0769 e. The lowest BCUT2D eigenvalue weighted by Gasteiger charge is -2.13. The lowest BCUT2D eigenvalue weighted by Crippen LogP contribution is -2.19. The molecule has 1 atom stereocenters. The lowest BCUT2D eigenvalue weighted by molar-refractivity contribution is 0.523. The van der Waals surface area contributed by atoms with Gasteiger partial charge in [-0.2, -0.15) is 10.2 Å². The Labute approximate surface area is 115 Å². The maximum atomic E-state index is 4.09. The molecule has 1 N–H and O–H groups in total. The van der Waals surface area contributed by atoms with Crippen molar-refractivity contribution in [2.45, 2.75) is 25.4 Å². The average Bonchev–Trinajstić information content (AvgIpc) is 2.82. The number of rotatable bonds is 3. The average molecular weight is 304 g/mol. The molecule has 1 aromatic carbocycles. The molecule has 1 unspecified atom stereocenters. The summed E-state index contributed by atoms with van der Waals surface area (Å²) in [5, 5.41) is 11.5. The maximum absolute atomic E-state index is 4.09. The predicted molar refractivity (Wildman–Crippen MR) is 74.1 cm³/mol. The summed E-state index contributed by atoms with van der Waals surface area (Å²) in [4.78, 5) is 0. The topological polar surface area (TPSA) is 37.8 Å². The molecule has 0 radical (unpaired) electrons. The summed E-state index contributed by atoms with van der Waals surface area (Å²) in [6.45, 7) is 0.768. The molecule has 0 aliphatic heterocycles. The Morgan fingerprint density at radius 3 is 3.06 bits per heavy atom. The minimum Gasteiger partial charge on any atom is -0.304 e. The van der Waals surface area contributed by atoms with Crippen LogP contribution in [0.2, 0.25) is 0 Å². The Morgan fingerprint density at radius 2 is 2.22 bits per heavy atom. The molecule has 92 valence electrons. The molecule has 3 nitrogen and oxygen atoms in total. The summed E-state index contributed by atoms with van der Waals surface area (Å²) >= 11 is 3.62. The summed E-state index contributed by atoms with van der Waals surface area (Å²) in [6, 6.07) is 10.8. The molecule has 0 bridgehead atoms. The molecule has 0 amide bonds. The van der Waals surface area contributed by atoms with E-state index in [1.807, 2.05) is 12.1 Å². The number of benzene rings is 1. The Hall–Kier alpha value is -1.26. The van der Waals surface area contributed by atoms with E-state index in [0.29, 0.717) is 6.04 Å². The molecule has 4 heteroatoms. The van der Waals surface area contributed by atoms with Crippen molar-refractivity contribution in [2.24, 2.45) is 0 Å². The normalized spacial score (nSPS) is 17.7. The van der Waals surface area contributed by atoms with E-state index in [2.05, 4.69) is 49.6 Å². The largest absolute Gasteiger partial charge is 0.304 e. The number of nitrogens with one attached hydrogen (secondary N) is 1. The third-order valence-corrected chi connectivity index (χ3v) is 4.11. The van der Waals surface area contributed by atoms with Gasteiger partial charge in [-0.3, -0.25) is 0 Å². The highest BCUT2D eigenvalue weighted by Gasteiger charge is 2.23. The number of fused-ring (bicyclic) bond motifs is 1. The molecule has 0 saturated heterocycles. The van der Waals surface area contributed by atoms with E-state index in [4.69, 9.17) is 0 Å². The molecule has 1 aliphatic carbocycles. The van der Waals surface area contributed by atoms with Crippen LogP contribution in [0.4, 0.5) is 0 Å². The predicted octanol–water partition coefficient (Wildman–Crippen LogP) is 3.02. The molecule has 0 saturated carbocycles. The van der Waals surface area contributed by atoms with Crippen LogP contribution in [0.1, 0.15) is 29.3 Å². The molecule has 1 aromatic heterocycles. The third kappa shape index (κ3) is 2.31. The van der Waals surface area contributed by atoms with Gasteiger partial charge in [0.15, 0.2) is 0 Å². The van der Waals surface area contributed by atoms with Crippen LogP contribution >= 0.6 is 15.9 Å². The van der Waals surface area contributed by atoms with Crippen LogP contribution in [0, 0.1) is 0 Å².